The lowest BCUT2D eigenvalue weighted by Gasteiger charge is -2.14. The van der Waals surface area contributed by atoms with Crippen molar-refractivity contribution >= 4 is 13.6 Å². The molecule has 19 heavy (non-hydrogen) atoms. The first-order valence-electron chi connectivity index (χ1n) is 5.92. The van der Waals surface area contributed by atoms with E-state index in [0.29, 0.717) is 0 Å². The summed E-state index contributed by atoms with van der Waals surface area (Å²) in [5, 5.41) is 3.45. The third-order valence-corrected chi connectivity index (χ3v) is 3.87. The normalized spacial score (nSPS) is 11.5. The molecular weight excluding hydrogens is 275 g/mol. The van der Waals surface area contributed by atoms with Gasteiger partial charge < -0.3 is 18.3 Å². The topological polar surface area (TPSA) is 101 Å². The average Bonchev–Trinajstić information content (AvgIpc) is 2.78. The van der Waals surface area contributed by atoms with Gasteiger partial charge in [-0.2, -0.15) is 4.98 Å². The van der Waals surface area contributed by atoms with Crippen LogP contribution in [-0.2, 0) is 24.5 Å². The molecule has 9 heteroatoms. The summed E-state index contributed by atoms with van der Waals surface area (Å²) in [5.74, 6) is -0.898. The Balaban J connectivity index is 2.75. The number of hydrogen-bond acceptors (Lipinski definition) is 8. The second-order valence-electron chi connectivity index (χ2n) is 3.34. The molecular formula is C10H17N2O6P. The van der Waals surface area contributed by atoms with E-state index in [1.807, 2.05) is 0 Å². The molecule has 0 aromatic carbocycles. The van der Waals surface area contributed by atoms with Crippen LogP contribution in [0.2, 0.25) is 0 Å². The van der Waals surface area contributed by atoms with Gasteiger partial charge in [0, 0.05) is 0 Å². The molecule has 108 valence electrons. The Hall–Kier alpha value is -1.24. The lowest BCUT2D eigenvalue weighted by molar-refractivity contribution is 0.0508. The summed E-state index contributed by atoms with van der Waals surface area (Å²) in [5.41, 5.74) is 0. The Morgan fingerprint density at radius 3 is 2.37 bits per heavy atom. The van der Waals surface area contributed by atoms with Gasteiger partial charge in [0.15, 0.2) is 0 Å². The first kappa shape index (κ1) is 15.8. The van der Waals surface area contributed by atoms with E-state index in [1.54, 1.807) is 20.8 Å². The van der Waals surface area contributed by atoms with Crippen molar-refractivity contribution in [1.29, 1.82) is 0 Å². The number of carbonyl (C=O) groups excluding carboxylic acids is 1. The van der Waals surface area contributed by atoms with Crippen LogP contribution in [0.15, 0.2) is 4.52 Å². The van der Waals surface area contributed by atoms with Gasteiger partial charge in [0.2, 0.25) is 5.89 Å². The van der Waals surface area contributed by atoms with Crippen molar-refractivity contribution in [3.8, 4) is 0 Å². The molecule has 0 atom stereocenters. The van der Waals surface area contributed by atoms with Crippen molar-refractivity contribution in [2.75, 3.05) is 19.8 Å². The van der Waals surface area contributed by atoms with Crippen LogP contribution in [0, 0.1) is 0 Å². The molecule has 0 unspecified atom stereocenters. The molecule has 0 bridgehead atoms. The van der Waals surface area contributed by atoms with E-state index >= 15 is 0 Å². The summed E-state index contributed by atoms with van der Waals surface area (Å²) < 4.78 is 31.9. The number of hydrogen-bond donors (Lipinski definition) is 0. The number of esters is 1. The smallest absolute Gasteiger partial charge is 0.379 e. The zero-order valence-electron chi connectivity index (χ0n) is 11.1. The predicted molar refractivity (Wildman–Crippen MR) is 64.8 cm³/mol. The van der Waals surface area contributed by atoms with Crippen LogP contribution in [0.25, 0.3) is 0 Å². The Bertz CT molecular complexity index is 451. The second kappa shape index (κ2) is 7.37. The van der Waals surface area contributed by atoms with Gasteiger partial charge in [-0.1, -0.05) is 0 Å². The van der Waals surface area contributed by atoms with Gasteiger partial charge in [-0.25, -0.2) is 4.79 Å². The Morgan fingerprint density at radius 2 is 1.84 bits per heavy atom. The van der Waals surface area contributed by atoms with E-state index in [4.69, 9.17) is 18.3 Å². The van der Waals surface area contributed by atoms with Crippen molar-refractivity contribution in [3.05, 3.63) is 11.7 Å². The monoisotopic (exact) mass is 292 g/mol. The lowest BCUT2D eigenvalue weighted by Crippen LogP contribution is -2.07. The molecule has 1 heterocycles. The van der Waals surface area contributed by atoms with Crippen molar-refractivity contribution in [2.45, 2.75) is 26.9 Å². The zero-order chi connectivity index (χ0) is 14.3. The molecule has 1 aromatic rings. The first-order valence-corrected chi connectivity index (χ1v) is 7.65. The predicted octanol–water partition coefficient (Wildman–Crippen LogP) is 2.01. The number of nitrogens with zero attached hydrogens (tertiary/aromatic N) is 2. The van der Waals surface area contributed by atoms with Gasteiger partial charge in [-0.3, -0.25) is 4.57 Å². The van der Waals surface area contributed by atoms with Crippen LogP contribution in [0.1, 0.15) is 37.3 Å². The molecule has 0 saturated heterocycles. The maximum atomic E-state index is 12.2. The fourth-order valence-electron chi connectivity index (χ4n) is 1.29. The van der Waals surface area contributed by atoms with Gasteiger partial charge in [0.05, 0.1) is 19.8 Å². The number of rotatable bonds is 8. The standard InChI is InChI=1S/C10H17N2O6P/c1-4-15-10(13)9-11-8(18-12-9)7-19(14,16-5-2)17-6-3/h4-7H2,1-3H3. The fraction of sp³-hybridized carbons (Fsp3) is 0.700. The number of carbonyl (C=O) groups is 1. The van der Waals surface area contributed by atoms with E-state index in [1.165, 1.54) is 0 Å². The highest BCUT2D eigenvalue weighted by Gasteiger charge is 2.28. The zero-order valence-corrected chi connectivity index (χ0v) is 12.0. The molecule has 0 saturated carbocycles. The molecule has 1 aromatic heterocycles. The lowest BCUT2D eigenvalue weighted by atomic mass is 10.6. The SMILES string of the molecule is CCOC(=O)c1noc(CP(=O)(OCC)OCC)n1. The Kier molecular flexibility index (Phi) is 6.14. The second-order valence-corrected chi connectivity index (χ2v) is 5.39. The maximum absolute atomic E-state index is 12.2. The van der Waals surface area contributed by atoms with E-state index < -0.39 is 13.6 Å². The van der Waals surface area contributed by atoms with Gasteiger partial charge >= 0.3 is 13.6 Å². The minimum atomic E-state index is -3.32. The van der Waals surface area contributed by atoms with Crippen LogP contribution in [0.4, 0.5) is 0 Å². The van der Waals surface area contributed by atoms with Crippen LogP contribution >= 0.6 is 7.60 Å². The molecule has 0 spiro atoms. The van der Waals surface area contributed by atoms with E-state index in [-0.39, 0.29) is 37.7 Å². The highest BCUT2D eigenvalue weighted by molar-refractivity contribution is 7.52. The number of ether oxygens (including phenoxy) is 1. The Morgan fingerprint density at radius 1 is 1.21 bits per heavy atom. The fourth-order valence-corrected chi connectivity index (χ4v) is 2.79. The largest absolute Gasteiger partial charge is 0.460 e. The summed E-state index contributed by atoms with van der Waals surface area (Å²) in [6.07, 6.45) is -0.179. The van der Waals surface area contributed by atoms with E-state index in [0.717, 1.165) is 0 Å². The van der Waals surface area contributed by atoms with Crippen LogP contribution in [0.5, 0.6) is 0 Å². The quantitative estimate of drug-likeness (QED) is 0.529. The van der Waals surface area contributed by atoms with E-state index in [2.05, 4.69) is 10.1 Å². The summed E-state index contributed by atoms with van der Waals surface area (Å²) >= 11 is 0. The summed E-state index contributed by atoms with van der Waals surface area (Å²) in [6, 6.07) is 0. The molecule has 0 aliphatic rings. The molecule has 0 aliphatic carbocycles. The van der Waals surface area contributed by atoms with Crippen LogP contribution in [0.3, 0.4) is 0 Å². The molecule has 0 fully saturated rings. The third kappa shape index (κ3) is 4.74. The van der Waals surface area contributed by atoms with Gasteiger partial charge in [-0.15, -0.1) is 0 Å². The van der Waals surface area contributed by atoms with Gasteiger partial charge in [-0.05, 0) is 25.9 Å². The van der Waals surface area contributed by atoms with Crippen molar-refractivity contribution in [2.24, 2.45) is 0 Å². The summed E-state index contributed by atoms with van der Waals surface area (Å²) in [7, 11) is -3.32. The third-order valence-electron chi connectivity index (χ3n) is 1.91. The molecule has 0 aliphatic heterocycles. The minimum absolute atomic E-state index is 0.00767. The first-order chi connectivity index (χ1) is 9.04. The highest BCUT2D eigenvalue weighted by Crippen LogP contribution is 2.50. The Labute approximate surface area is 111 Å². The maximum Gasteiger partial charge on any atom is 0.379 e. The highest BCUT2D eigenvalue weighted by atomic mass is 31.2. The van der Waals surface area contributed by atoms with Crippen LogP contribution in [-0.4, -0.2) is 35.9 Å². The summed E-state index contributed by atoms with van der Waals surface area (Å²) in [6.45, 7) is 5.73. The van der Waals surface area contributed by atoms with Crippen molar-refractivity contribution in [1.82, 2.24) is 10.1 Å². The van der Waals surface area contributed by atoms with Gasteiger partial charge in [0.1, 0.15) is 6.16 Å². The van der Waals surface area contributed by atoms with Gasteiger partial charge in [0.25, 0.3) is 5.82 Å². The van der Waals surface area contributed by atoms with Crippen LogP contribution < -0.4 is 0 Å². The average molecular weight is 292 g/mol. The molecule has 0 amide bonds. The van der Waals surface area contributed by atoms with Crippen molar-refractivity contribution in [3.63, 3.8) is 0 Å². The summed E-state index contributed by atoms with van der Waals surface area (Å²) in [4.78, 5) is 15.1. The molecule has 1 rings (SSSR count). The molecule has 8 nitrogen and oxygen atoms in total. The molecule has 0 N–H and O–H groups in total. The minimum Gasteiger partial charge on any atom is -0.460 e. The number of aromatic nitrogens is 2. The van der Waals surface area contributed by atoms with E-state index in [9.17, 15) is 9.36 Å². The molecule has 0 radical (unpaired) electrons. The van der Waals surface area contributed by atoms with Crippen molar-refractivity contribution < 1.29 is 27.7 Å².